The first-order valence-electron chi connectivity index (χ1n) is 5.96. The molecule has 2 fully saturated rings. The van der Waals surface area contributed by atoms with Gasteiger partial charge in [0.2, 0.25) is 0 Å². The van der Waals surface area contributed by atoms with E-state index in [0.29, 0.717) is 5.92 Å². The highest BCUT2D eigenvalue weighted by molar-refractivity contribution is 6.99. The molecule has 2 unspecified atom stereocenters. The smallest absolute Gasteiger partial charge is 0.0912 e. The van der Waals surface area contributed by atoms with Crippen molar-refractivity contribution in [1.82, 2.24) is 8.75 Å². The van der Waals surface area contributed by atoms with Gasteiger partial charge in [-0.05, 0) is 38.0 Å². The predicted molar refractivity (Wildman–Crippen MR) is 62.1 cm³/mol. The highest BCUT2D eigenvalue weighted by Crippen LogP contribution is 2.46. The summed E-state index contributed by atoms with van der Waals surface area (Å²) < 4.78 is 14.2. The molecule has 1 aliphatic heterocycles. The predicted octanol–water partition coefficient (Wildman–Crippen LogP) is 1.89. The molecular formula is C11H17N3OS. The Balaban J connectivity index is 1.70. The summed E-state index contributed by atoms with van der Waals surface area (Å²) in [5.41, 5.74) is 7.38. The van der Waals surface area contributed by atoms with Crippen molar-refractivity contribution in [3.05, 3.63) is 11.9 Å². The fourth-order valence-electron chi connectivity index (χ4n) is 2.85. The normalized spacial score (nSPS) is 29.9. The largest absolute Gasteiger partial charge is 0.375 e. The van der Waals surface area contributed by atoms with E-state index in [2.05, 4.69) is 8.75 Å². The van der Waals surface area contributed by atoms with Crippen LogP contribution in [0.2, 0.25) is 0 Å². The van der Waals surface area contributed by atoms with E-state index in [1.165, 1.54) is 31.0 Å². The zero-order valence-electron chi connectivity index (χ0n) is 9.26. The Bertz CT molecular complexity index is 350. The second-order valence-electron chi connectivity index (χ2n) is 5.00. The van der Waals surface area contributed by atoms with Gasteiger partial charge < -0.3 is 10.5 Å². The number of ether oxygens (including phenoxy) is 1. The Morgan fingerprint density at radius 1 is 1.56 bits per heavy atom. The molecule has 0 radical (unpaired) electrons. The molecule has 0 amide bonds. The van der Waals surface area contributed by atoms with Gasteiger partial charge in [-0.15, -0.1) is 0 Å². The monoisotopic (exact) mass is 239 g/mol. The van der Waals surface area contributed by atoms with Gasteiger partial charge in [-0.3, -0.25) is 0 Å². The summed E-state index contributed by atoms with van der Waals surface area (Å²) in [5, 5.41) is 0. The van der Waals surface area contributed by atoms with Gasteiger partial charge in [0.05, 0.1) is 35.3 Å². The first-order chi connectivity index (χ1) is 7.79. The highest BCUT2D eigenvalue weighted by Gasteiger charge is 2.44. The first kappa shape index (κ1) is 10.6. The molecule has 5 heteroatoms. The first-order valence-corrected chi connectivity index (χ1v) is 6.69. The van der Waals surface area contributed by atoms with Gasteiger partial charge in [-0.25, -0.2) is 0 Å². The molecule has 1 aliphatic carbocycles. The lowest BCUT2D eigenvalue weighted by molar-refractivity contribution is -0.146. The van der Waals surface area contributed by atoms with Crippen molar-refractivity contribution in [2.24, 2.45) is 11.7 Å². The van der Waals surface area contributed by atoms with Crippen LogP contribution in [0, 0.1) is 5.92 Å². The average Bonchev–Trinajstić information content (AvgIpc) is 2.79. The van der Waals surface area contributed by atoms with Crippen molar-refractivity contribution in [2.45, 2.75) is 43.7 Å². The van der Waals surface area contributed by atoms with Gasteiger partial charge >= 0.3 is 0 Å². The van der Waals surface area contributed by atoms with Gasteiger partial charge in [0, 0.05) is 6.61 Å². The van der Waals surface area contributed by atoms with Crippen LogP contribution < -0.4 is 5.73 Å². The van der Waals surface area contributed by atoms with Crippen molar-refractivity contribution in [3.8, 4) is 0 Å². The molecule has 1 aromatic rings. The number of nitrogens with two attached hydrogens (primary N) is 1. The van der Waals surface area contributed by atoms with Gasteiger partial charge in [0.1, 0.15) is 0 Å². The van der Waals surface area contributed by atoms with E-state index in [0.717, 1.165) is 25.1 Å². The van der Waals surface area contributed by atoms with Gasteiger partial charge in [-0.2, -0.15) is 8.75 Å². The van der Waals surface area contributed by atoms with Crippen molar-refractivity contribution in [3.63, 3.8) is 0 Å². The van der Waals surface area contributed by atoms with Gasteiger partial charge in [-0.1, -0.05) is 0 Å². The summed E-state index contributed by atoms with van der Waals surface area (Å²) in [6, 6.07) is 0.0418. The molecular weight excluding hydrogens is 222 g/mol. The minimum Gasteiger partial charge on any atom is -0.375 e. The maximum absolute atomic E-state index is 6.26. The quantitative estimate of drug-likeness (QED) is 0.856. The Labute approximate surface area is 99.5 Å². The number of rotatable bonds is 2. The van der Waals surface area contributed by atoms with E-state index < -0.39 is 0 Å². The second-order valence-corrected chi connectivity index (χ2v) is 5.55. The van der Waals surface area contributed by atoms with Crippen molar-refractivity contribution < 1.29 is 4.74 Å². The molecule has 4 nitrogen and oxygen atoms in total. The summed E-state index contributed by atoms with van der Waals surface area (Å²) in [4.78, 5) is 0. The zero-order chi connectivity index (χ0) is 11.0. The zero-order valence-corrected chi connectivity index (χ0v) is 10.1. The second kappa shape index (κ2) is 4.05. The van der Waals surface area contributed by atoms with Crippen LogP contribution in [0.3, 0.4) is 0 Å². The average molecular weight is 239 g/mol. The molecule has 88 valence electrons. The van der Waals surface area contributed by atoms with E-state index in [-0.39, 0.29) is 11.6 Å². The summed E-state index contributed by atoms with van der Waals surface area (Å²) in [5.74, 6) is 0.512. The van der Waals surface area contributed by atoms with Crippen LogP contribution in [0.5, 0.6) is 0 Å². The lowest BCUT2D eigenvalue weighted by Gasteiger charge is -2.48. The van der Waals surface area contributed by atoms with Crippen molar-refractivity contribution in [1.29, 1.82) is 0 Å². The molecule has 2 N–H and O–H groups in total. The minimum absolute atomic E-state index is 0.0418. The summed E-state index contributed by atoms with van der Waals surface area (Å²) >= 11 is 1.24. The van der Waals surface area contributed by atoms with E-state index >= 15 is 0 Å². The highest BCUT2D eigenvalue weighted by atomic mass is 32.1. The molecule has 1 aromatic heterocycles. The Morgan fingerprint density at radius 2 is 2.44 bits per heavy atom. The lowest BCUT2D eigenvalue weighted by atomic mass is 9.70. The summed E-state index contributed by atoms with van der Waals surface area (Å²) in [6.45, 7) is 0.857. The maximum Gasteiger partial charge on any atom is 0.0912 e. The van der Waals surface area contributed by atoms with Crippen LogP contribution in [0.15, 0.2) is 6.20 Å². The number of hydrogen-bond donors (Lipinski definition) is 1. The molecule has 2 heterocycles. The summed E-state index contributed by atoms with van der Waals surface area (Å²) in [6.07, 6.45) is 7.70. The number of aromatic nitrogens is 2. The standard InChI is InChI=1S/C11H17N3OS/c12-10(9-7-13-16-14-9)8-2-5-15-11(6-8)3-1-4-11/h7-8,10H,1-6,12H2. The molecule has 0 aromatic carbocycles. The van der Waals surface area contributed by atoms with E-state index in [4.69, 9.17) is 10.5 Å². The molecule has 16 heavy (non-hydrogen) atoms. The number of nitrogens with zero attached hydrogens (tertiary/aromatic N) is 2. The van der Waals surface area contributed by atoms with Crippen LogP contribution >= 0.6 is 11.7 Å². The van der Waals surface area contributed by atoms with Crippen molar-refractivity contribution >= 4 is 11.7 Å². The SMILES string of the molecule is NC(c1cnsn1)C1CCOC2(CCC2)C1. The minimum atomic E-state index is 0.0418. The third kappa shape index (κ3) is 1.77. The fourth-order valence-corrected chi connectivity index (χ4v) is 3.32. The summed E-state index contributed by atoms with van der Waals surface area (Å²) in [7, 11) is 0. The molecule has 1 saturated carbocycles. The molecule has 3 rings (SSSR count). The molecule has 0 bridgehead atoms. The van der Waals surface area contributed by atoms with E-state index in [9.17, 15) is 0 Å². The molecule has 1 saturated heterocycles. The van der Waals surface area contributed by atoms with Crippen LogP contribution in [0.1, 0.15) is 43.8 Å². The third-order valence-electron chi connectivity index (χ3n) is 4.02. The Kier molecular flexibility index (Phi) is 2.69. The molecule has 2 atom stereocenters. The van der Waals surface area contributed by atoms with Crippen LogP contribution in [-0.2, 0) is 4.74 Å². The van der Waals surface area contributed by atoms with Crippen LogP contribution in [0.4, 0.5) is 0 Å². The van der Waals surface area contributed by atoms with E-state index in [1.807, 2.05) is 0 Å². The third-order valence-corrected chi connectivity index (χ3v) is 4.52. The number of hydrogen-bond acceptors (Lipinski definition) is 5. The molecule has 2 aliphatic rings. The van der Waals surface area contributed by atoms with Crippen LogP contribution in [0.25, 0.3) is 0 Å². The Hall–Kier alpha value is -0.520. The van der Waals surface area contributed by atoms with Gasteiger partial charge in [0.25, 0.3) is 0 Å². The van der Waals surface area contributed by atoms with Gasteiger partial charge in [0.15, 0.2) is 0 Å². The van der Waals surface area contributed by atoms with E-state index in [1.54, 1.807) is 6.20 Å². The Morgan fingerprint density at radius 3 is 3.06 bits per heavy atom. The fraction of sp³-hybridized carbons (Fsp3) is 0.818. The topological polar surface area (TPSA) is 61.0 Å². The maximum atomic E-state index is 6.26. The van der Waals surface area contributed by atoms with Crippen molar-refractivity contribution in [2.75, 3.05) is 6.61 Å². The molecule has 1 spiro atoms. The van der Waals surface area contributed by atoms with Crippen LogP contribution in [-0.4, -0.2) is 21.0 Å². The lowest BCUT2D eigenvalue weighted by Crippen LogP contribution is -2.47.